The van der Waals surface area contributed by atoms with Crippen LogP contribution in [0.15, 0.2) is 24.8 Å². The molecule has 0 aliphatic carbocycles. The Bertz CT molecular complexity index is 426. The number of nitrogens with zero attached hydrogens (tertiary/aromatic N) is 1. The van der Waals surface area contributed by atoms with Crippen molar-refractivity contribution >= 4 is 17.7 Å². The molecule has 3 nitrogen and oxygen atoms in total. The molecule has 1 aliphatic rings. The largest absolute Gasteiger partial charge is 0.360 e. The summed E-state index contributed by atoms with van der Waals surface area (Å²) in [5.41, 5.74) is 3.43. The summed E-state index contributed by atoms with van der Waals surface area (Å²) in [4.78, 5) is 13.4. The molecule has 0 spiro atoms. The molecule has 0 saturated carbocycles. The molecule has 1 amide bonds. The average Bonchev–Trinajstić information content (AvgIpc) is 2.29. The summed E-state index contributed by atoms with van der Waals surface area (Å²) in [5, 5.41) is 2.82. The van der Waals surface area contributed by atoms with Crippen LogP contribution in [-0.4, -0.2) is 25.5 Å². The average molecular weight is 216 g/mol. The molecule has 0 unspecified atom stereocenters. The summed E-state index contributed by atoms with van der Waals surface area (Å²) in [6.45, 7) is 7.88. The van der Waals surface area contributed by atoms with Gasteiger partial charge in [-0.05, 0) is 30.2 Å². The molecule has 0 atom stereocenters. The van der Waals surface area contributed by atoms with Gasteiger partial charge in [0.25, 0.3) is 0 Å². The first kappa shape index (κ1) is 10.7. The fourth-order valence-corrected chi connectivity index (χ4v) is 1.90. The number of rotatable bonds is 2. The van der Waals surface area contributed by atoms with Crippen molar-refractivity contribution < 1.29 is 4.79 Å². The Balaban J connectivity index is 2.26. The highest BCUT2D eigenvalue weighted by Crippen LogP contribution is 2.20. The molecular weight excluding hydrogens is 200 g/mol. The first-order chi connectivity index (χ1) is 7.70. The summed E-state index contributed by atoms with van der Waals surface area (Å²) >= 11 is 0. The summed E-state index contributed by atoms with van der Waals surface area (Å²) in [6, 6.07) is 6.21. The molecule has 0 bridgehead atoms. The van der Waals surface area contributed by atoms with Crippen molar-refractivity contribution in [2.24, 2.45) is 0 Å². The Labute approximate surface area is 95.8 Å². The third-order valence-electron chi connectivity index (χ3n) is 2.89. The minimum atomic E-state index is 0.0898. The van der Waals surface area contributed by atoms with E-state index in [-0.39, 0.29) is 5.91 Å². The van der Waals surface area contributed by atoms with Gasteiger partial charge in [0.1, 0.15) is 0 Å². The van der Waals surface area contributed by atoms with E-state index < -0.39 is 0 Å². The Morgan fingerprint density at radius 3 is 3.00 bits per heavy atom. The maximum absolute atomic E-state index is 11.3. The second-order valence-corrected chi connectivity index (χ2v) is 4.02. The van der Waals surface area contributed by atoms with Crippen molar-refractivity contribution in [3.8, 4) is 0 Å². The predicted molar refractivity (Wildman–Crippen MR) is 66.5 cm³/mol. The Morgan fingerprint density at radius 2 is 2.31 bits per heavy atom. The quantitative estimate of drug-likeness (QED) is 0.814. The van der Waals surface area contributed by atoms with E-state index >= 15 is 0 Å². The Morgan fingerprint density at radius 1 is 1.50 bits per heavy atom. The summed E-state index contributed by atoms with van der Waals surface area (Å²) in [6.07, 6.45) is 1.85. The molecule has 1 aliphatic heterocycles. The van der Waals surface area contributed by atoms with Crippen molar-refractivity contribution in [1.29, 1.82) is 0 Å². The van der Waals surface area contributed by atoms with Crippen molar-refractivity contribution in [2.75, 3.05) is 24.5 Å². The second kappa shape index (κ2) is 4.39. The molecule has 1 aromatic carbocycles. The van der Waals surface area contributed by atoms with Crippen LogP contribution in [0, 0.1) is 6.92 Å². The number of hydrogen-bond acceptors (Lipinski definition) is 2. The van der Waals surface area contributed by atoms with E-state index in [1.807, 2.05) is 6.08 Å². The summed E-state index contributed by atoms with van der Waals surface area (Å²) in [7, 11) is 0. The molecule has 1 N–H and O–H groups in total. The molecule has 2 rings (SSSR count). The zero-order valence-electron chi connectivity index (χ0n) is 9.49. The van der Waals surface area contributed by atoms with Gasteiger partial charge in [-0.1, -0.05) is 18.7 Å². The number of piperazine rings is 1. The molecule has 1 aromatic rings. The normalized spacial score (nSPS) is 15.8. The topological polar surface area (TPSA) is 32.3 Å². The smallest absolute Gasteiger partial charge is 0.239 e. The molecule has 3 heteroatoms. The lowest BCUT2D eigenvalue weighted by atomic mass is 10.1. The Hall–Kier alpha value is -1.77. The maximum atomic E-state index is 11.3. The van der Waals surface area contributed by atoms with E-state index in [0.29, 0.717) is 6.54 Å². The first-order valence-electron chi connectivity index (χ1n) is 5.45. The van der Waals surface area contributed by atoms with Gasteiger partial charge in [-0.2, -0.15) is 0 Å². The van der Waals surface area contributed by atoms with Crippen LogP contribution in [-0.2, 0) is 4.79 Å². The standard InChI is InChI=1S/C13H16N2O/c1-3-11-8-12(5-4-10(11)2)15-7-6-14-13(16)9-15/h3-5,8H,1,6-7,9H2,2H3,(H,14,16). The fourth-order valence-electron chi connectivity index (χ4n) is 1.90. The molecule has 1 fully saturated rings. The van der Waals surface area contributed by atoms with E-state index in [4.69, 9.17) is 0 Å². The van der Waals surface area contributed by atoms with E-state index in [1.54, 1.807) is 0 Å². The van der Waals surface area contributed by atoms with Gasteiger partial charge < -0.3 is 10.2 Å². The lowest BCUT2D eigenvalue weighted by Crippen LogP contribution is -2.47. The van der Waals surface area contributed by atoms with Gasteiger partial charge in [0.15, 0.2) is 0 Å². The molecular formula is C13H16N2O. The summed E-state index contributed by atoms with van der Waals surface area (Å²) in [5.74, 6) is 0.0898. The van der Waals surface area contributed by atoms with Crippen LogP contribution in [0.5, 0.6) is 0 Å². The van der Waals surface area contributed by atoms with Crippen LogP contribution in [0.25, 0.3) is 6.08 Å². The molecule has 0 radical (unpaired) electrons. The third kappa shape index (κ3) is 2.08. The minimum Gasteiger partial charge on any atom is -0.360 e. The number of carbonyl (C=O) groups is 1. The number of amides is 1. The van der Waals surface area contributed by atoms with Gasteiger partial charge >= 0.3 is 0 Å². The third-order valence-corrected chi connectivity index (χ3v) is 2.89. The number of benzene rings is 1. The van der Waals surface area contributed by atoms with Crippen LogP contribution in [0.2, 0.25) is 0 Å². The maximum Gasteiger partial charge on any atom is 0.239 e. The molecule has 1 heterocycles. The van der Waals surface area contributed by atoms with Crippen LogP contribution in [0.1, 0.15) is 11.1 Å². The van der Waals surface area contributed by atoms with Crippen LogP contribution >= 0.6 is 0 Å². The van der Waals surface area contributed by atoms with Gasteiger partial charge in [0.2, 0.25) is 5.91 Å². The second-order valence-electron chi connectivity index (χ2n) is 4.02. The monoisotopic (exact) mass is 216 g/mol. The van der Waals surface area contributed by atoms with Gasteiger partial charge in [-0.25, -0.2) is 0 Å². The van der Waals surface area contributed by atoms with E-state index in [1.165, 1.54) is 5.56 Å². The molecule has 84 valence electrons. The number of hydrogen-bond donors (Lipinski definition) is 1. The molecule has 1 saturated heterocycles. The number of carbonyl (C=O) groups excluding carboxylic acids is 1. The van der Waals surface area contributed by atoms with Gasteiger partial charge in [0.05, 0.1) is 6.54 Å². The van der Waals surface area contributed by atoms with Crippen LogP contribution < -0.4 is 10.2 Å². The Kier molecular flexibility index (Phi) is 2.95. The van der Waals surface area contributed by atoms with E-state index in [9.17, 15) is 4.79 Å². The highest BCUT2D eigenvalue weighted by atomic mass is 16.2. The molecule has 16 heavy (non-hydrogen) atoms. The van der Waals surface area contributed by atoms with Gasteiger partial charge in [-0.3, -0.25) is 4.79 Å². The number of aryl methyl sites for hydroxylation is 1. The lowest BCUT2D eigenvalue weighted by molar-refractivity contribution is -0.120. The lowest BCUT2D eigenvalue weighted by Gasteiger charge is -2.29. The first-order valence-corrected chi connectivity index (χ1v) is 5.45. The molecule has 0 aromatic heterocycles. The van der Waals surface area contributed by atoms with Crippen molar-refractivity contribution in [1.82, 2.24) is 5.32 Å². The van der Waals surface area contributed by atoms with Crippen molar-refractivity contribution in [3.63, 3.8) is 0 Å². The fraction of sp³-hybridized carbons (Fsp3) is 0.308. The highest BCUT2D eigenvalue weighted by molar-refractivity contribution is 5.82. The van der Waals surface area contributed by atoms with Crippen LogP contribution in [0.3, 0.4) is 0 Å². The number of anilines is 1. The van der Waals surface area contributed by atoms with Gasteiger partial charge in [-0.15, -0.1) is 0 Å². The highest BCUT2D eigenvalue weighted by Gasteiger charge is 2.16. The number of nitrogens with one attached hydrogen (secondary N) is 1. The predicted octanol–water partition coefficient (Wildman–Crippen LogP) is 1.57. The summed E-state index contributed by atoms with van der Waals surface area (Å²) < 4.78 is 0. The van der Waals surface area contributed by atoms with Crippen molar-refractivity contribution in [2.45, 2.75) is 6.92 Å². The zero-order valence-corrected chi connectivity index (χ0v) is 9.49. The van der Waals surface area contributed by atoms with Crippen LogP contribution in [0.4, 0.5) is 5.69 Å². The van der Waals surface area contributed by atoms with E-state index in [2.05, 4.69) is 41.9 Å². The zero-order chi connectivity index (χ0) is 11.5. The van der Waals surface area contributed by atoms with E-state index in [0.717, 1.165) is 24.3 Å². The van der Waals surface area contributed by atoms with Crippen molar-refractivity contribution in [3.05, 3.63) is 35.9 Å². The van der Waals surface area contributed by atoms with Gasteiger partial charge in [0, 0.05) is 18.8 Å². The minimum absolute atomic E-state index is 0.0898. The SMILES string of the molecule is C=Cc1cc(N2CCNC(=O)C2)ccc1C.